The number of aryl methyl sites for hydroxylation is 1. The smallest absolute Gasteiger partial charge is 0.358 e. The third-order valence-corrected chi connectivity index (χ3v) is 4.04. The Balaban J connectivity index is 1.52. The standard InChI is InChI=1S/C15H13BrFN7O3/c16-12-8-22(20-14(12)24(26)27)6-5-13(25)19-15-18-9-23(21-15)7-10-1-3-11(17)4-2-10/h1-4,8-9H,5-7H2,(H,19,21,25). The van der Waals surface area contributed by atoms with Gasteiger partial charge in [0.25, 0.3) is 0 Å². The number of hydrogen-bond donors (Lipinski definition) is 1. The highest BCUT2D eigenvalue weighted by Gasteiger charge is 2.19. The average Bonchev–Trinajstić information content (AvgIpc) is 3.21. The molecule has 1 amide bonds. The molecule has 10 nitrogen and oxygen atoms in total. The second-order valence-electron chi connectivity index (χ2n) is 5.51. The van der Waals surface area contributed by atoms with Crippen LogP contribution in [-0.2, 0) is 17.9 Å². The lowest BCUT2D eigenvalue weighted by Gasteiger charge is -2.01. The molecule has 0 bridgehead atoms. The van der Waals surface area contributed by atoms with Crippen molar-refractivity contribution in [1.29, 1.82) is 0 Å². The van der Waals surface area contributed by atoms with E-state index in [1.54, 1.807) is 12.1 Å². The number of nitrogens with zero attached hydrogens (tertiary/aromatic N) is 6. The highest BCUT2D eigenvalue weighted by atomic mass is 79.9. The lowest BCUT2D eigenvalue weighted by Crippen LogP contribution is -2.16. The Hall–Kier alpha value is -3.15. The number of nitro groups is 1. The Morgan fingerprint density at radius 3 is 2.67 bits per heavy atom. The molecule has 2 heterocycles. The first-order valence-electron chi connectivity index (χ1n) is 7.72. The molecule has 1 aromatic carbocycles. The normalized spacial score (nSPS) is 10.7. The molecule has 0 aliphatic heterocycles. The van der Waals surface area contributed by atoms with Crippen LogP contribution in [0.2, 0.25) is 0 Å². The summed E-state index contributed by atoms with van der Waals surface area (Å²) in [6.45, 7) is 0.544. The van der Waals surface area contributed by atoms with E-state index in [0.29, 0.717) is 6.54 Å². The van der Waals surface area contributed by atoms with E-state index in [0.717, 1.165) is 5.56 Å². The number of rotatable bonds is 7. The van der Waals surface area contributed by atoms with Crippen molar-refractivity contribution in [3.63, 3.8) is 0 Å². The first-order chi connectivity index (χ1) is 12.9. The van der Waals surface area contributed by atoms with Gasteiger partial charge in [-0.3, -0.25) is 10.1 Å². The maximum absolute atomic E-state index is 12.9. The molecule has 3 rings (SSSR count). The lowest BCUT2D eigenvalue weighted by molar-refractivity contribution is -0.390. The molecular weight excluding hydrogens is 425 g/mol. The minimum Gasteiger partial charge on any atom is -0.358 e. The highest BCUT2D eigenvalue weighted by Crippen LogP contribution is 2.22. The fourth-order valence-electron chi connectivity index (χ4n) is 2.23. The van der Waals surface area contributed by atoms with Gasteiger partial charge in [-0.25, -0.2) is 14.1 Å². The van der Waals surface area contributed by atoms with E-state index in [2.05, 4.69) is 36.4 Å². The zero-order chi connectivity index (χ0) is 19.4. The summed E-state index contributed by atoms with van der Waals surface area (Å²) in [5.41, 5.74) is 0.838. The molecule has 0 aliphatic carbocycles. The predicted octanol–water partition coefficient (Wildman–Crippen LogP) is 2.36. The van der Waals surface area contributed by atoms with Gasteiger partial charge < -0.3 is 10.1 Å². The Bertz CT molecular complexity index is 970. The zero-order valence-electron chi connectivity index (χ0n) is 13.7. The van der Waals surface area contributed by atoms with E-state index in [1.807, 2.05) is 0 Å². The van der Waals surface area contributed by atoms with Gasteiger partial charge in [0, 0.05) is 6.42 Å². The number of halogens is 2. The van der Waals surface area contributed by atoms with Crippen molar-refractivity contribution in [2.45, 2.75) is 19.5 Å². The van der Waals surface area contributed by atoms with E-state index >= 15 is 0 Å². The van der Waals surface area contributed by atoms with Crippen LogP contribution in [0.4, 0.5) is 16.2 Å². The van der Waals surface area contributed by atoms with Crippen LogP contribution in [-0.4, -0.2) is 35.4 Å². The largest absolute Gasteiger partial charge is 0.404 e. The van der Waals surface area contributed by atoms with Gasteiger partial charge in [0.1, 0.15) is 16.6 Å². The molecule has 3 aromatic rings. The summed E-state index contributed by atoms with van der Waals surface area (Å²) >= 11 is 3.04. The van der Waals surface area contributed by atoms with Crippen molar-refractivity contribution in [3.05, 3.63) is 62.8 Å². The summed E-state index contributed by atoms with van der Waals surface area (Å²) in [5.74, 6) is -0.852. The van der Waals surface area contributed by atoms with Gasteiger partial charge >= 0.3 is 5.82 Å². The quantitative estimate of drug-likeness (QED) is 0.447. The third-order valence-electron chi connectivity index (χ3n) is 3.49. The van der Waals surface area contributed by atoms with Gasteiger partial charge in [-0.05, 0) is 38.5 Å². The van der Waals surface area contributed by atoms with Crippen LogP contribution in [0.3, 0.4) is 0 Å². The van der Waals surface area contributed by atoms with Gasteiger partial charge in [-0.1, -0.05) is 12.1 Å². The Labute approximate surface area is 160 Å². The molecule has 0 aliphatic rings. The molecule has 0 spiro atoms. The fraction of sp³-hybridized carbons (Fsp3) is 0.200. The number of anilines is 1. The summed E-state index contributed by atoms with van der Waals surface area (Å²) in [7, 11) is 0. The minimum absolute atomic E-state index is 0.0395. The van der Waals surface area contributed by atoms with Crippen molar-refractivity contribution >= 4 is 33.6 Å². The molecule has 0 saturated carbocycles. The molecule has 0 unspecified atom stereocenters. The topological polar surface area (TPSA) is 121 Å². The highest BCUT2D eigenvalue weighted by molar-refractivity contribution is 9.10. The molecule has 0 saturated heterocycles. The molecule has 12 heteroatoms. The molecule has 0 fully saturated rings. The Morgan fingerprint density at radius 2 is 2.00 bits per heavy atom. The van der Waals surface area contributed by atoms with Crippen molar-refractivity contribution in [2.75, 3.05) is 5.32 Å². The van der Waals surface area contributed by atoms with Gasteiger partial charge in [0.2, 0.25) is 11.9 Å². The summed E-state index contributed by atoms with van der Waals surface area (Å²) < 4.78 is 16.0. The lowest BCUT2D eigenvalue weighted by atomic mass is 10.2. The van der Waals surface area contributed by atoms with Gasteiger partial charge in [-0.15, -0.1) is 5.10 Å². The van der Waals surface area contributed by atoms with Crippen LogP contribution >= 0.6 is 15.9 Å². The monoisotopic (exact) mass is 437 g/mol. The molecule has 2 aromatic heterocycles. The number of benzene rings is 1. The van der Waals surface area contributed by atoms with Gasteiger partial charge in [0.05, 0.1) is 24.4 Å². The van der Waals surface area contributed by atoms with Crippen molar-refractivity contribution in [2.24, 2.45) is 0 Å². The SMILES string of the molecule is O=C(CCn1cc(Br)c([N+](=O)[O-])n1)Nc1ncn(Cc2ccc(F)cc2)n1. The summed E-state index contributed by atoms with van der Waals surface area (Å²) in [4.78, 5) is 26.1. The van der Waals surface area contributed by atoms with E-state index in [-0.39, 0.29) is 40.9 Å². The summed E-state index contributed by atoms with van der Waals surface area (Å²) in [6.07, 6.45) is 2.92. The molecule has 140 valence electrons. The summed E-state index contributed by atoms with van der Waals surface area (Å²) in [5, 5.41) is 21.2. The maximum Gasteiger partial charge on any atom is 0.404 e. The molecule has 27 heavy (non-hydrogen) atoms. The number of nitrogens with one attached hydrogen (secondary N) is 1. The second-order valence-corrected chi connectivity index (χ2v) is 6.37. The van der Waals surface area contributed by atoms with Crippen molar-refractivity contribution in [1.82, 2.24) is 24.5 Å². The molecule has 0 atom stereocenters. The van der Waals surface area contributed by atoms with Crippen LogP contribution in [0.25, 0.3) is 0 Å². The molecule has 1 N–H and O–H groups in total. The number of carbonyl (C=O) groups is 1. The first-order valence-corrected chi connectivity index (χ1v) is 8.51. The predicted molar refractivity (Wildman–Crippen MR) is 95.4 cm³/mol. The van der Waals surface area contributed by atoms with Crippen LogP contribution in [0.1, 0.15) is 12.0 Å². The maximum atomic E-state index is 12.9. The number of hydrogen-bond acceptors (Lipinski definition) is 6. The molecule has 0 radical (unpaired) electrons. The van der Waals surface area contributed by atoms with Crippen LogP contribution in [0.15, 0.2) is 41.3 Å². The second kappa shape index (κ2) is 8.03. The van der Waals surface area contributed by atoms with Crippen LogP contribution in [0, 0.1) is 15.9 Å². The van der Waals surface area contributed by atoms with Crippen LogP contribution in [0.5, 0.6) is 0 Å². The first kappa shape index (κ1) is 18.6. The van der Waals surface area contributed by atoms with E-state index in [4.69, 9.17) is 0 Å². The van der Waals surface area contributed by atoms with Gasteiger partial charge in [-0.2, -0.15) is 4.68 Å². The van der Waals surface area contributed by atoms with E-state index in [1.165, 1.54) is 34.0 Å². The minimum atomic E-state index is -0.613. The number of carbonyl (C=O) groups excluding carboxylic acids is 1. The van der Waals surface area contributed by atoms with Crippen molar-refractivity contribution < 1.29 is 14.1 Å². The molecular formula is C15H13BrFN7O3. The Morgan fingerprint density at radius 1 is 1.26 bits per heavy atom. The number of amides is 1. The fourth-order valence-corrected chi connectivity index (χ4v) is 2.69. The Kier molecular flexibility index (Phi) is 5.54. The van der Waals surface area contributed by atoms with E-state index < -0.39 is 4.92 Å². The van der Waals surface area contributed by atoms with Crippen LogP contribution < -0.4 is 5.32 Å². The zero-order valence-corrected chi connectivity index (χ0v) is 15.3. The number of aromatic nitrogens is 5. The van der Waals surface area contributed by atoms with E-state index in [9.17, 15) is 19.3 Å². The third kappa shape index (κ3) is 4.94. The van der Waals surface area contributed by atoms with Crippen molar-refractivity contribution in [3.8, 4) is 0 Å². The average molecular weight is 438 g/mol. The summed E-state index contributed by atoms with van der Waals surface area (Å²) in [6, 6.07) is 5.98. The van der Waals surface area contributed by atoms with Gasteiger partial charge in [0.15, 0.2) is 0 Å².